The van der Waals surface area contributed by atoms with Crippen LogP contribution >= 0.6 is 22.7 Å². The van der Waals surface area contributed by atoms with Crippen LogP contribution in [0.2, 0.25) is 0 Å². The first-order valence-electron chi connectivity index (χ1n) is 8.94. The van der Waals surface area contributed by atoms with Gasteiger partial charge in [0.2, 0.25) is 5.91 Å². The number of fused-ring (bicyclic) bond motifs is 1. The summed E-state index contributed by atoms with van der Waals surface area (Å²) in [4.78, 5) is 19.7. The molecule has 0 spiro atoms. The van der Waals surface area contributed by atoms with E-state index < -0.39 is 0 Å². The topological polar surface area (TPSA) is 23.6 Å². The summed E-state index contributed by atoms with van der Waals surface area (Å²) in [5, 5.41) is 4.19. The van der Waals surface area contributed by atoms with E-state index in [0.717, 1.165) is 18.5 Å². The van der Waals surface area contributed by atoms with E-state index in [4.69, 9.17) is 0 Å². The number of likely N-dealkylation sites (N-methyl/N-ethyl adjacent to an activating group) is 1. The number of nitrogens with zero attached hydrogens (tertiary/aromatic N) is 2. The van der Waals surface area contributed by atoms with Crippen LogP contribution in [0.3, 0.4) is 0 Å². The maximum Gasteiger partial charge on any atom is 0.237 e. The molecule has 3 nitrogen and oxygen atoms in total. The third kappa shape index (κ3) is 3.98. The van der Waals surface area contributed by atoms with Gasteiger partial charge in [-0.15, -0.1) is 22.7 Å². The van der Waals surface area contributed by atoms with E-state index in [0.29, 0.717) is 13.1 Å². The van der Waals surface area contributed by atoms with Gasteiger partial charge in [-0.05, 0) is 59.6 Å². The zero-order valence-corrected chi connectivity index (χ0v) is 16.7. The fourth-order valence-electron chi connectivity index (χ4n) is 3.62. The molecule has 1 amide bonds. The summed E-state index contributed by atoms with van der Waals surface area (Å²) < 4.78 is 13.1. The first kappa shape index (κ1) is 18.3. The molecule has 0 bridgehead atoms. The van der Waals surface area contributed by atoms with Crippen molar-refractivity contribution < 1.29 is 9.18 Å². The molecule has 2 aromatic heterocycles. The maximum atomic E-state index is 13.1. The summed E-state index contributed by atoms with van der Waals surface area (Å²) in [6.45, 7) is 1.71. The quantitative estimate of drug-likeness (QED) is 0.627. The van der Waals surface area contributed by atoms with Gasteiger partial charge in [-0.1, -0.05) is 18.2 Å². The van der Waals surface area contributed by atoms with Crippen molar-refractivity contribution in [2.45, 2.75) is 19.0 Å². The number of carbonyl (C=O) groups excluding carboxylic acids is 1. The van der Waals surface area contributed by atoms with Crippen molar-refractivity contribution in [3.8, 4) is 0 Å². The van der Waals surface area contributed by atoms with Crippen LogP contribution < -0.4 is 0 Å². The molecule has 0 fully saturated rings. The molecule has 0 aliphatic carbocycles. The van der Waals surface area contributed by atoms with E-state index in [9.17, 15) is 9.18 Å². The van der Waals surface area contributed by atoms with Crippen molar-refractivity contribution >= 4 is 28.6 Å². The molecule has 1 aromatic carbocycles. The number of carbonyl (C=O) groups is 1. The average Bonchev–Trinajstić information content (AvgIpc) is 3.34. The molecule has 27 heavy (non-hydrogen) atoms. The van der Waals surface area contributed by atoms with Crippen molar-refractivity contribution in [1.82, 2.24) is 9.80 Å². The SMILES string of the molecule is CN(CC(=O)N1CCc2sccc2C1c1cccs1)Cc1ccc(F)cc1. The van der Waals surface area contributed by atoms with E-state index in [2.05, 4.69) is 22.9 Å². The molecular weight excluding hydrogens is 379 g/mol. The van der Waals surface area contributed by atoms with Crippen LogP contribution in [0.1, 0.15) is 26.9 Å². The molecule has 3 heterocycles. The minimum Gasteiger partial charge on any atom is -0.329 e. The van der Waals surface area contributed by atoms with Crippen LogP contribution in [0, 0.1) is 5.82 Å². The molecule has 3 aromatic rings. The highest BCUT2D eigenvalue weighted by Gasteiger charge is 2.33. The molecule has 4 rings (SSSR count). The van der Waals surface area contributed by atoms with Crippen molar-refractivity contribution in [3.63, 3.8) is 0 Å². The molecule has 1 aliphatic rings. The largest absolute Gasteiger partial charge is 0.329 e. The highest BCUT2D eigenvalue weighted by Crippen LogP contribution is 2.39. The maximum absolute atomic E-state index is 13.1. The Morgan fingerprint density at radius 3 is 2.74 bits per heavy atom. The molecule has 1 atom stereocenters. The lowest BCUT2D eigenvalue weighted by Gasteiger charge is -2.36. The van der Waals surface area contributed by atoms with Gasteiger partial charge in [0.1, 0.15) is 5.82 Å². The second-order valence-corrected chi connectivity index (χ2v) is 8.83. The van der Waals surface area contributed by atoms with E-state index in [1.54, 1.807) is 34.8 Å². The molecule has 6 heteroatoms. The van der Waals surface area contributed by atoms with Crippen LogP contribution in [-0.2, 0) is 17.8 Å². The number of rotatable bonds is 5. The Labute approximate surface area is 166 Å². The molecule has 1 aliphatic heterocycles. The molecule has 0 saturated carbocycles. The van der Waals surface area contributed by atoms with Gasteiger partial charge >= 0.3 is 0 Å². The average molecular weight is 401 g/mol. The van der Waals surface area contributed by atoms with E-state index in [-0.39, 0.29) is 17.8 Å². The van der Waals surface area contributed by atoms with Crippen molar-refractivity contribution in [3.05, 3.63) is 79.9 Å². The van der Waals surface area contributed by atoms with Gasteiger partial charge in [-0.3, -0.25) is 9.69 Å². The van der Waals surface area contributed by atoms with Gasteiger partial charge in [0, 0.05) is 22.8 Å². The fourth-order valence-corrected chi connectivity index (χ4v) is 5.38. The Hall–Kier alpha value is -2.02. The second kappa shape index (κ2) is 7.92. The summed E-state index contributed by atoms with van der Waals surface area (Å²) in [6.07, 6.45) is 0.919. The highest BCUT2D eigenvalue weighted by atomic mass is 32.1. The van der Waals surface area contributed by atoms with Gasteiger partial charge in [-0.25, -0.2) is 4.39 Å². The Morgan fingerprint density at radius 1 is 1.19 bits per heavy atom. The standard InChI is InChI=1S/C21H21FN2OS2/c1-23(13-15-4-6-16(22)7-5-15)14-20(25)24-10-8-18-17(9-12-27-18)21(24)19-3-2-11-26-19/h2-7,9,11-12,21H,8,10,13-14H2,1H3. The van der Waals surface area contributed by atoms with Gasteiger partial charge in [0.25, 0.3) is 0 Å². The smallest absolute Gasteiger partial charge is 0.237 e. The number of halogens is 1. The lowest BCUT2D eigenvalue weighted by Crippen LogP contribution is -2.44. The van der Waals surface area contributed by atoms with Crippen LogP contribution in [0.25, 0.3) is 0 Å². The molecule has 1 unspecified atom stereocenters. The predicted octanol–water partition coefficient (Wildman–Crippen LogP) is 4.55. The Bertz CT molecular complexity index is 905. The monoisotopic (exact) mass is 400 g/mol. The highest BCUT2D eigenvalue weighted by molar-refractivity contribution is 7.10. The normalized spacial score (nSPS) is 16.6. The zero-order chi connectivity index (χ0) is 18.8. The number of amides is 1. The van der Waals surface area contributed by atoms with Gasteiger partial charge < -0.3 is 4.90 Å². The van der Waals surface area contributed by atoms with Gasteiger partial charge in [0.15, 0.2) is 0 Å². The van der Waals surface area contributed by atoms with Crippen LogP contribution in [0.15, 0.2) is 53.2 Å². The molecule has 0 N–H and O–H groups in total. The third-order valence-electron chi connectivity index (χ3n) is 4.87. The predicted molar refractivity (Wildman–Crippen MR) is 109 cm³/mol. The molecular formula is C21H21FN2OS2. The zero-order valence-electron chi connectivity index (χ0n) is 15.1. The first-order chi connectivity index (χ1) is 13.1. The third-order valence-corrected chi connectivity index (χ3v) is 6.79. The summed E-state index contributed by atoms with van der Waals surface area (Å²) >= 11 is 3.48. The Kier molecular flexibility index (Phi) is 5.38. The summed E-state index contributed by atoms with van der Waals surface area (Å²) in [5.41, 5.74) is 2.27. The summed E-state index contributed by atoms with van der Waals surface area (Å²) in [7, 11) is 1.93. The van der Waals surface area contributed by atoms with E-state index in [1.807, 2.05) is 22.9 Å². The minimum absolute atomic E-state index is 0.0201. The van der Waals surface area contributed by atoms with Crippen LogP contribution in [0.4, 0.5) is 4.39 Å². The number of hydrogen-bond donors (Lipinski definition) is 0. The molecule has 0 radical (unpaired) electrons. The Morgan fingerprint density at radius 2 is 2.00 bits per heavy atom. The molecule has 0 saturated heterocycles. The number of hydrogen-bond acceptors (Lipinski definition) is 4. The minimum atomic E-state index is -0.240. The first-order valence-corrected chi connectivity index (χ1v) is 10.7. The van der Waals surface area contributed by atoms with Crippen molar-refractivity contribution in [1.29, 1.82) is 0 Å². The van der Waals surface area contributed by atoms with E-state index >= 15 is 0 Å². The van der Waals surface area contributed by atoms with Gasteiger partial charge in [0.05, 0.1) is 12.6 Å². The molecule has 140 valence electrons. The van der Waals surface area contributed by atoms with Crippen LogP contribution in [0.5, 0.6) is 0 Å². The lowest BCUT2D eigenvalue weighted by molar-refractivity contribution is -0.134. The van der Waals surface area contributed by atoms with E-state index in [1.165, 1.54) is 27.5 Å². The number of thiophene rings is 2. The summed E-state index contributed by atoms with van der Waals surface area (Å²) in [5.74, 6) is -0.106. The second-order valence-electron chi connectivity index (χ2n) is 6.85. The fraction of sp³-hybridized carbons (Fsp3) is 0.286. The lowest BCUT2D eigenvalue weighted by atomic mass is 9.98. The van der Waals surface area contributed by atoms with Crippen molar-refractivity contribution in [2.24, 2.45) is 0 Å². The van der Waals surface area contributed by atoms with Gasteiger partial charge in [-0.2, -0.15) is 0 Å². The Balaban J connectivity index is 1.49. The van der Waals surface area contributed by atoms with Crippen LogP contribution in [-0.4, -0.2) is 35.8 Å². The summed E-state index contributed by atoms with van der Waals surface area (Å²) in [6, 6.07) is 12.8. The number of benzene rings is 1. The van der Waals surface area contributed by atoms with Crippen molar-refractivity contribution in [2.75, 3.05) is 20.1 Å².